The van der Waals surface area contributed by atoms with E-state index in [0.29, 0.717) is 11.9 Å². The van der Waals surface area contributed by atoms with Crippen LogP contribution in [-0.4, -0.2) is 36.5 Å². The predicted molar refractivity (Wildman–Crippen MR) is 116 cm³/mol. The van der Waals surface area contributed by atoms with Crippen LogP contribution in [0.1, 0.15) is 57.9 Å². The van der Waals surface area contributed by atoms with E-state index >= 15 is 0 Å². The van der Waals surface area contributed by atoms with E-state index in [9.17, 15) is 0 Å². The van der Waals surface area contributed by atoms with Gasteiger partial charge in [-0.2, -0.15) is 0 Å². The lowest BCUT2D eigenvalue weighted by molar-refractivity contribution is 0.160. The van der Waals surface area contributed by atoms with Crippen molar-refractivity contribution in [2.24, 2.45) is 10.7 Å². The molecule has 1 saturated heterocycles. The zero-order chi connectivity index (χ0) is 16.7. The van der Waals surface area contributed by atoms with Crippen LogP contribution in [0.15, 0.2) is 29.3 Å². The number of hydrogen-bond acceptors (Lipinski definition) is 2. The molecule has 0 bridgehead atoms. The summed E-state index contributed by atoms with van der Waals surface area (Å²) in [6.07, 6.45) is 5.11. The lowest BCUT2D eigenvalue weighted by Gasteiger charge is -2.33. The fourth-order valence-electron chi connectivity index (χ4n) is 3.13. The minimum absolute atomic E-state index is 0. The van der Waals surface area contributed by atoms with E-state index in [1.807, 2.05) is 6.07 Å². The zero-order valence-electron chi connectivity index (χ0n) is 15.3. The van der Waals surface area contributed by atoms with E-state index in [-0.39, 0.29) is 24.0 Å². The lowest BCUT2D eigenvalue weighted by atomic mass is 10.0. The van der Waals surface area contributed by atoms with Crippen molar-refractivity contribution in [1.82, 2.24) is 4.90 Å². The summed E-state index contributed by atoms with van der Waals surface area (Å²) in [7, 11) is 0. The van der Waals surface area contributed by atoms with Crippen LogP contribution in [0.25, 0.3) is 0 Å². The fourth-order valence-corrected chi connectivity index (χ4v) is 3.13. The van der Waals surface area contributed by atoms with Gasteiger partial charge in [0.1, 0.15) is 0 Å². The van der Waals surface area contributed by atoms with Gasteiger partial charge in [-0.25, -0.2) is 0 Å². The predicted octanol–water partition coefficient (Wildman–Crippen LogP) is 4.42. The molecule has 1 heterocycles. The van der Waals surface area contributed by atoms with Crippen LogP contribution >= 0.6 is 24.0 Å². The summed E-state index contributed by atoms with van der Waals surface area (Å²) in [6, 6.07) is 9.10. The van der Waals surface area contributed by atoms with E-state index in [1.165, 1.54) is 31.4 Å². The Morgan fingerprint density at radius 3 is 2.88 bits per heavy atom. The van der Waals surface area contributed by atoms with Crippen LogP contribution < -0.4 is 11.1 Å². The third-order valence-corrected chi connectivity index (χ3v) is 4.65. The van der Waals surface area contributed by atoms with Gasteiger partial charge in [0.25, 0.3) is 0 Å². The van der Waals surface area contributed by atoms with Crippen LogP contribution in [0, 0.1) is 0 Å². The second-order valence-electron chi connectivity index (χ2n) is 6.91. The first kappa shape index (κ1) is 21.2. The van der Waals surface area contributed by atoms with Crippen LogP contribution in [0.2, 0.25) is 0 Å². The third kappa shape index (κ3) is 6.97. The number of guanidine groups is 1. The molecule has 1 unspecified atom stereocenters. The highest BCUT2D eigenvalue weighted by molar-refractivity contribution is 14.0. The largest absolute Gasteiger partial charge is 0.370 e. The molecule has 1 atom stereocenters. The number of nitrogens with one attached hydrogen (secondary N) is 1. The first-order valence-corrected chi connectivity index (χ1v) is 8.97. The smallest absolute Gasteiger partial charge is 0.193 e. The van der Waals surface area contributed by atoms with Gasteiger partial charge in [0.15, 0.2) is 5.96 Å². The Hall–Kier alpha value is -0.820. The fraction of sp³-hybridized carbons (Fsp3) is 0.632. The van der Waals surface area contributed by atoms with Crippen molar-refractivity contribution in [3.8, 4) is 0 Å². The molecule has 1 fully saturated rings. The number of halogens is 1. The van der Waals surface area contributed by atoms with Gasteiger partial charge in [-0.15, -0.1) is 24.0 Å². The first-order chi connectivity index (χ1) is 11.1. The number of likely N-dealkylation sites (tertiary alicyclic amines) is 1. The van der Waals surface area contributed by atoms with Crippen LogP contribution in [-0.2, 0) is 0 Å². The summed E-state index contributed by atoms with van der Waals surface area (Å²) in [5.41, 5.74) is 8.33. The van der Waals surface area contributed by atoms with Crippen LogP contribution in [0.4, 0.5) is 5.69 Å². The van der Waals surface area contributed by atoms with E-state index in [4.69, 9.17) is 5.73 Å². The van der Waals surface area contributed by atoms with Crippen molar-refractivity contribution < 1.29 is 0 Å². The number of anilines is 1. The molecule has 0 aromatic heterocycles. The second kappa shape index (κ2) is 10.9. The molecular formula is C19H33IN4. The minimum Gasteiger partial charge on any atom is -0.370 e. The monoisotopic (exact) mass is 444 g/mol. The topological polar surface area (TPSA) is 53.6 Å². The van der Waals surface area contributed by atoms with Crippen molar-refractivity contribution in [1.29, 1.82) is 0 Å². The number of nitrogens with zero attached hydrogens (tertiary/aromatic N) is 2. The number of aliphatic imine (C=N–C) groups is 1. The maximum Gasteiger partial charge on any atom is 0.193 e. The number of hydrogen-bond donors (Lipinski definition) is 2. The van der Waals surface area contributed by atoms with E-state index in [2.05, 4.69) is 54.2 Å². The zero-order valence-corrected chi connectivity index (χ0v) is 17.6. The molecule has 136 valence electrons. The number of benzene rings is 1. The van der Waals surface area contributed by atoms with Crippen molar-refractivity contribution in [2.45, 2.75) is 58.4 Å². The van der Waals surface area contributed by atoms with E-state index in [1.54, 1.807) is 0 Å². The molecule has 2 rings (SSSR count). The summed E-state index contributed by atoms with van der Waals surface area (Å²) in [5, 5.41) is 3.20. The van der Waals surface area contributed by atoms with Gasteiger partial charge >= 0.3 is 0 Å². The van der Waals surface area contributed by atoms with Crippen LogP contribution in [0.3, 0.4) is 0 Å². The average molecular weight is 444 g/mol. The summed E-state index contributed by atoms with van der Waals surface area (Å²) in [4.78, 5) is 7.04. The van der Waals surface area contributed by atoms with Gasteiger partial charge in [0.2, 0.25) is 0 Å². The molecular weight excluding hydrogens is 411 g/mol. The highest BCUT2D eigenvalue weighted by Crippen LogP contribution is 2.18. The maximum atomic E-state index is 6.00. The molecule has 1 aliphatic heterocycles. The molecule has 1 aliphatic rings. The molecule has 0 aliphatic carbocycles. The minimum atomic E-state index is 0. The molecule has 5 heteroatoms. The highest BCUT2D eigenvalue weighted by atomic mass is 127. The van der Waals surface area contributed by atoms with Crippen molar-refractivity contribution in [3.63, 3.8) is 0 Å². The quantitative estimate of drug-likeness (QED) is 0.296. The molecule has 0 spiro atoms. The Morgan fingerprint density at radius 1 is 1.38 bits per heavy atom. The van der Waals surface area contributed by atoms with Gasteiger partial charge in [-0.1, -0.05) is 32.4 Å². The Balaban J connectivity index is 0.00000288. The molecule has 0 radical (unpaired) electrons. The second-order valence-corrected chi connectivity index (χ2v) is 6.91. The number of rotatable bonds is 6. The first-order valence-electron chi connectivity index (χ1n) is 8.97. The van der Waals surface area contributed by atoms with Gasteiger partial charge in [-0.3, -0.25) is 4.99 Å². The van der Waals surface area contributed by atoms with Crippen molar-refractivity contribution in [3.05, 3.63) is 29.8 Å². The molecule has 24 heavy (non-hydrogen) atoms. The van der Waals surface area contributed by atoms with Crippen LogP contribution in [0.5, 0.6) is 0 Å². The van der Waals surface area contributed by atoms with Gasteiger partial charge in [0.05, 0.1) is 0 Å². The molecule has 1 aromatic rings. The normalized spacial score (nSPS) is 19.2. The van der Waals surface area contributed by atoms with E-state index < -0.39 is 0 Å². The lowest BCUT2D eigenvalue weighted by Crippen LogP contribution is -2.38. The Morgan fingerprint density at radius 2 is 2.17 bits per heavy atom. The summed E-state index contributed by atoms with van der Waals surface area (Å²) in [6.45, 7) is 9.86. The summed E-state index contributed by atoms with van der Waals surface area (Å²) < 4.78 is 0. The Bertz CT molecular complexity index is 516. The SMILES string of the molecule is CC(C)c1cccc(NC(N)=NCCCN2CCCCC2C)c1.I. The molecule has 4 nitrogen and oxygen atoms in total. The third-order valence-electron chi connectivity index (χ3n) is 4.65. The Kier molecular flexibility index (Phi) is 9.66. The average Bonchev–Trinajstić information content (AvgIpc) is 2.53. The standard InChI is InChI=1S/C19H32N4.HI/c1-15(2)17-9-6-10-18(14-17)22-19(20)21-11-7-13-23-12-5-4-8-16(23)3;/h6,9-10,14-16H,4-5,7-8,11-13H2,1-3H3,(H3,20,21,22);1H. The van der Waals surface area contributed by atoms with E-state index in [0.717, 1.165) is 31.2 Å². The van der Waals surface area contributed by atoms with Gasteiger partial charge in [-0.05, 0) is 56.3 Å². The molecule has 0 saturated carbocycles. The number of nitrogens with two attached hydrogens (primary N) is 1. The summed E-state index contributed by atoms with van der Waals surface area (Å²) >= 11 is 0. The molecule has 3 N–H and O–H groups in total. The Labute approximate surface area is 164 Å². The molecule has 1 aromatic carbocycles. The number of piperidine rings is 1. The van der Waals surface area contributed by atoms with Gasteiger partial charge < -0.3 is 16.0 Å². The highest BCUT2D eigenvalue weighted by Gasteiger charge is 2.16. The molecule has 0 amide bonds. The maximum absolute atomic E-state index is 6.00. The summed E-state index contributed by atoms with van der Waals surface area (Å²) in [5.74, 6) is 1.03. The van der Waals surface area contributed by atoms with Crippen molar-refractivity contribution >= 4 is 35.6 Å². The van der Waals surface area contributed by atoms with Crippen molar-refractivity contribution in [2.75, 3.05) is 25.0 Å². The van der Waals surface area contributed by atoms with Gasteiger partial charge in [0, 0.05) is 24.8 Å².